The number of rotatable bonds is 12. The Kier molecular flexibility index (Phi) is 9.66. The van der Waals surface area contributed by atoms with Crippen LogP contribution < -0.4 is 11.1 Å². The molecule has 0 aliphatic rings. The maximum absolute atomic E-state index is 12.1. The third kappa shape index (κ3) is 7.76. The van der Waals surface area contributed by atoms with E-state index in [0.29, 0.717) is 19.4 Å². The molecule has 1 atom stereocenters. The molecule has 0 aliphatic carbocycles. The Hall–Kier alpha value is -1.92. The van der Waals surface area contributed by atoms with E-state index in [0.717, 1.165) is 24.8 Å². The second-order valence-corrected chi connectivity index (χ2v) is 5.40. The lowest BCUT2D eigenvalue weighted by atomic mass is 10.0. The average molecular weight is 321 g/mol. The lowest BCUT2D eigenvalue weighted by Crippen LogP contribution is -2.40. The highest BCUT2D eigenvalue weighted by Gasteiger charge is 2.21. The van der Waals surface area contributed by atoms with Gasteiger partial charge in [0.25, 0.3) is 0 Å². The van der Waals surface area contributed by atoms with E-state index in [1.807, 2.05) is 30.3 Å². The van der Waals surface area contributed by atoms with Gasteiger partial charge in [-0.3, -0.25) is 14.4 Å². The van der Waals surface area contributed by atoms with Crippen LogP contribution in [0.15, 0.2) is 30.3 Å². The van der Waals surface area contributed by atoms with Crippen molar-refractivity contribution in [3.05, 3.63) is 35.9 Å². The molecule has 0 bridgehead atoms. The minimum atomic E-state index is -0.314. The van der Waals surface area contributed by atoms with E-state index < -0.39 is 0 Å². The highest BCUT2D eigenvalue weighted by molar-refractivity contribution is 5.79. The zero-order chi connectivity index (χ0) is 16.9. The molecular weight excluding hydrogens is 294 g/mol. The number of unbranched alkanes of at least 4 members (excludes halogenated alkanes) is 2. The Bertz CT molecular complexity index is 454. The molecule has 0 spiro atoms. The molecule has 6 nitrogen and oxygen atoms in total. The molecule has 23 heavy (non-hydrogen) atoms. The van der Waals surface area contributed by atoms with E-state index in [9.17, 15) is 9.59 Å². The van der Waals surface area contributed by atoms with Gasteiger partial charge in [-0.15, -0.1) is 0 Å². The van der Waals surface area contributed by atoms with Gasteiger partial charge in [0.05, 0.1) is 19.1 Å². The molecular formula is C17H27N3O3. The van der Waals surface area contributed by atoms with Crippen molar-refractivity contribution >= 4 is 12.3 Å². The van der Waals surface area contributed by atoms with Crippen LogP contribution in [0.2, 0.25) is 0 Å². The lowest BCUT2D eigenvalue weighted by molar-refractivity contribution is -0.182. The van der Waals surface area contributed by atoms with Crippen molar-refractivity contribution in [1.29, 1.82) is 0 Å². The summed E-state index contributed by atoms with van der Waals surface area (Å²) in [7, 11) is 0. The van der Waals surface area contributed by atoms with Crippen molar-refractivity contribution in [2.75, 3.05) is 13.2 Å². The number of nitrogens with one attached hydrogen (secondary N) is 1. The first kappa shape index (κ1) is 19.1. The molecule has 1 aromatic rings. The van der Waals surface area contributed by atoms with E-state index >= 15 is 0 Å². The number of hydrogen-bond acceptors (Lipinski definition) is 4. The fourth-order valence-corrected chi connectivity index (χ4v) is 2.27. The Labute approximate surface area is 137 Å². The van der Waals surface area contributed by atoms with E-state index in [-0.39, 0.29) is 25.0 Å². The highest BCUT2D eigenvalue weighted by atomic mass is 16.7. The average Bonchev–Trinajstić information content (AvgIpc) is 2.58. The van der Waals surface area contributed by atoms with Crippen LogP contribution in [0.25, 0.3) is 0 Å². The number of hydroxylamine groups is 2. The van der Waals surface area contributed by atoms with Crippen LogP contribution >= 0.6 is 0 Å². The van der Waals surface area contributed by atoms with Crippen LogP contribution in [0.5, 0.6) is 0 Å². The van der Waals surface area contributed by atoms with Gasteiger partial charge in [0.1, 0.15) is 6.61 Å². The van der Waals surface area contributed by atoms with Gasteiger partial charge in [-0.05, 0) is 12.0 Å². The summed E-state index contributed by atoms with van der Waals surface area (Å²) in [6.45, 7) is 2.72. The monoisotopic (exact) mass is 321 g/mol. The van der Waals surface area contributed by atoms with Gasteiger partial charge in [0, 0.05) is 0 Å². The first-order valence-corrected chi connectivity index (χ1v) is 8.07. The summed E-state index contributed by atoms with van der Waals surface area (Å²) < 4.78 is 0. The maximum atomic E-state index is 12.1. The quantitative estimate of drug-likeness (QED) is 0.266. The molecule has 0 aliphatic heterocycles. The molecule has 1 aromatic carbocycles. The van der Waals surface area contributed by atoms with Gasteiger partial charge < -0.3 is 11.1 Å². The van der Waals surface area contributed by atoms with E-state index in [2.05, 4.69) is 12.2 Å². The van der Waals surface area contributed by atoms with Gasteiger partial charge >= 0.3 is 0 Å². The molecule has 1 rings (SSSR count). The normalized spacial score (nSPS) is 11.7. The van der Waals surface area contributed by atoms with E-state index in [4.69, 9.17) is 10.6 Å². The molecule has 2 amide bonds. The van der Waals surface area contributed by atoms with Crippen molar-refractivity contribution in [2.24, 2.45) is 11.7 Å². The number of benzene rings is 1. The van der Waals surface area contributed by atoms with Gasteiger partial charge in [-0.25, -0.2) is 5.06 Å². The third-order valence-electron chi connectivity index (χ3n) is 3.56. The molecule has 0 heterocycles. The zero-order valence-electron chi connectivity index (χ0n) is 13.7. The minimum Gasteiger partial charge on any atom is -0.343 e. The summed E-state index contributed by atoms with van der Waals surface area (Å²) in [4.78, 5) is 28.8. The van der Waals surface area contributed by atoms with E-state index in [1.165, 1.54) is 5.06 Å². The Balaban J connectivity index is 2.54. The summed E-state index contributed by atoms with van der Waals surface area (Å²) in [5.74, 6) is -0.454. The third-order valence-corrected chi connectivity index (χ3v) is 3.56. The number of hydrogen-bond donors (Lipinski definition) is 2. The minimum absolute atomic E-state index is 0.0923. The number of nitrogens with two attached hydrogens (primary N) is 1. The Morgan fingerprint density at radius 2 is 2.09 bits per heavy atom. The molecule has 0 fully saturated rings. The SMILES string of the molecule is CCCCC[C@H](CN(C=O)OCc1ccccc1)C(=O)NCN. The molecule has 0 saturated heterocycles. The van der Waals surface area contributed by atoms with Crippen LogP contribution in [0.3, 0.4) is 0 Å². The van der Waals surface area contributed by atoms with Gasteiger partial charge in [0.2, 0.25) is 12.3 Å². The molecule has 6 heteroatoms. The first-order chi connectivity index (χ1) is 11.2. The molecule has 0 radical (unpaired) electrons. The second-order valence-electron chi connectivity index (χ2n) is 5.40. The number of carbonyl (C=O) groups excluding carboxylic acids is 2. The maximum Gasteiger partial charge on any atom is 0.233 e. The summed E-state index contributed by atoms with van der Waals surface area (Å²) in [6.07, 6.45) is 4.39. The number of carbonyl (C=O) groups is 2. The van der Waals surface area contributed by atoms with Crippen molar-refractivity contribution < 1.29 is 14.4 Å². The van der Waals surface area contributed by atoms with Crippen molar-refractivity contribution in [1.82, 2.24) is 10.4 Å². The summed E-state index contributed by atoms with van der Waals surface area (Å²) in [5.41, 5.74) is 6.34. The van der Waals surface area contributed by atoms with Crippen LogP contribution in [-0.4, -0.2) is 30.6 Å². The molecule has 0 aromatic heterocycles. The van der Waals surface area contributed by atoms with Gasteiger partial charge in [-0.2, -0.15) is 0 Å². The van der Waals surface area contributed by atoms with Crippen LogP contribution in [0.1, 0.15) is 38.2 Å². The molecule has 0 saturated carbocycles. The lowest BCUT2D eigenvalue weighted by Gasteiger charge is -2.23. The largest absolute Gasteiger partial charge is 0.343 e. The van der Waals surface area contributed by atoms with Crippen LogP contribution in [-0.2, 0) is 21.0 Å². The highest BCUT2D eigenvalue weighted by Crippen LogP contribution is 2.13. The van der Waals surface area contributed by atoms with Crippen molar-refractivity contribution in [3.63, 3.8) is 0 Å². The van der Waals surface area contributed by atoms with Crippen LogP contribution in [0.4, 0.5) is 0 Å². The molecule has 0 unspecified atom stereocenters. The van der Waals surface area contributed by atoms with Crippen LogP contribution in [0, 0.1) is 5.92 Å². The topological polar surface area (TPSA) is 84.7 Å². The van der Waals surface area contributed by atoms with Gasteiger partial charge in [0.15, 0.2) is 0 Å². The molecule has 3 N–H and O–H groups in total. The predicted molar refractivity (Wildman–Crippen MR) is 88.8 cm³/mol. The van der Waals surface area contributed by atoms with E-state index in [1.54, 1.807) is 0 Å². The first-order valence-electron chi connectivity index (χ1n) is 8.07. The summed E-state index contributed by atoms with van der Waals surface area (Å²) in [5, 5.41) is 3.81. The number of amides is 2. The zero-order valence-corrected chi connectivity index (χ0v) is 13.7. The fraction of sp³-hybridized carbons (Fsp3) is 0.529. The summed E-state index contributed by atoms with van der Waals surface area (Å²) >= 11 is 0. The number of nitrogens with zero attached hydrogens (tertiary/aromatic N) is 1. The second kappa shape index (κ2) is 11.6. The smallest absolute Gasteiger partial charge is 0.233 e. The van der Waals surface area contributed by atoms with Crippen molar-refractivity contribution in [3.8, 4) is 0 Å². The summed E-state index contributed by atoms with van der Waals surface area (Å²) in [6, 6.07) is 9.58. The van der Waals surface area contributed by atoms with Gasteiger partial charge in [-0.1, -0.05) is 56.5 Å². The Morgan fingerprint density at radius 1 is 1.35 bits per heavy atom. The fourth-order valence-electron chi connectivity index (χ4n) is 2.27. The standard InChI is InChI=1S/C17H27N3O3/c1-2-3-5-10-16(17(22)19-13-18)11-20(14-21)23-12-15-8-6-4-7-9-15/h4,6-9,14,16H,2-3,5,10-13,18H2,1H3,(H,19,22)/t16-/m1/s1. The van der Waals surface area contributed by atoms with Crippen molar-refractivity contribution in [2.45, 2.75) is 39.2 Å². The molecule has 128 valence electrons. The predicted octanol–water partition coefficient (Wildman–Crippen LogP) is 1.81. The Morgan fingerprint density at radius 3 is 2.70 bits per heavy atom.